The van der Waals surface area contributed by atoms with Crippen LogP contribution in [0.2, 0.25) is 0 Å². The first-order valence-electron chi connectivity index (χ1n) is 9.88. The van der Waals surface area contributed by atoms with Crippen LogP contribution < -0.4 is 10.2 Å². The fourth-order valence-electron chi connectivity index (χ4n) is 3.90. The molecule has 176 valence electrons. The Labute approximate surface area is 185 Å². The Morgan fingerprint density at radius 2 is 1.70 bits per heavy atom. The Kier molecular flexibility index (Phi) is 5.91. The fourth-order valence-corrected chi connectivity index (χ4v) is 3.90. The monoisotopic (exact) mass is 462 g/mol. The van der Waals surface area contributed by atoms with E-state index in [9.17, 15) is 40.5 Å². The summed E-state index contributed by atoms with van der Waals surface area (Å²) in [4.78, 5) is 12.9. The summed E-state index contributed by atoms with van der Waals surface area (Å²) in [6, 6.07) is 6.17. The second-order valence-corrected chi connectivity index (χ2v) is 7.64. The van der Waals surface area contributed by atoms with Crippen LogP contribution in [0.4, 0.5) is 0 Å². The van der Waals surface area contributed by atoms with Crippen LogP contribution in [0.5, 0.6) is 23.0 Å². The number of aliphatic hydroxyl groups excluding tert-OH is 4. The lowest BCUT2D eigenvalue weighted by Crippen LogP contribution is -2.55. The predicted octanol–water partition coefficient (Wildman–Crippen LogP) is 0.100. The molecule has 0 amide bonds. The molecule has 4 rings (SSSR count). The van der Waals surface area contributed by atoms with Crippen LogP contribution in [0.15, 0.2) is 39.5 Å². The second-order valence-electron chi connectivity index (χ2n) is 7.64. The van der Waals surface area contributed by atoms with Crippen molar-refractivity contribution in [1.82, 2.24) is 0 Å². The number of hydrogen-bond donors (Lipinski definition) is 7. The molecule has 3 aromatic rings. The summed E-state index contributed by atoms with van der Waals surface area (Å²) < 4.78 is 16.5. The van der Waals surface area contributed by atoms with Crippen LogP contribution >= 0.6 is 0 Å². The molecular formula is C22H22O11. The van der Waals surface area contributed by atoms with Crippen LogP contribution in [0.1, 0.15) is 11.7 Å². The minimum atomic E-state index is -1.72. The molecule has 0 spiro atoms. The van der Waals surface area contributed by atoms with E-state index in [-0.39, 0.29) is 39.4 Å². The van der Waals surface area contributed by atoms with E-state index < -0.39 is 54.1 Å². The smallest absolute Gasteiger partial charge is 0.197 e. The molecule has 2 heterocycles. The molecule has 11 heteroatoms. The first-order chi connectivity index (χ1) is 15.7. The molecule has 0 aliphatic carbocycles. The van der Waals surface area contributed by atoms with E-state index in [0.29, 0.717) is 0 Å². The van der Waals surface area contributed by atoms with Crippen molar-refractivity contribution in [2.24, 2.45) is 0 Å². The Hall–Kier alpha value is -3.35. The molecule has 7 N–H and O–H groups in total. The molecular weight excluding hydrogens is 440 g/mol. The quantitative estimate of drug-likeness (QED) is 0.260. The number of phenols is 3. The van der Waals surface area contributed by atoms with Crippen LogP contribution in [-0.2, 0) is 4.74 Å². The van der Waals surface area contributed by atoms with E-state index in [1.165, 1.54) is 31.4 Å². The summed E-state index contributed by atoms with van der Waals surface area (Å²) in [6.45, 7) is -0.678. The molecule has 5 atom stereocenters. The van der Waals surface area contributed by atoms with Crippen molar-refractivity contribution < 1.29 is 49.6 Å². The van der Waals surface area contributed by atoms with E-state index >= 15 is 0 Å². The van der Waals surface area contributed by atoms with E-state index in [1.807, 2.05) is 0 Å². The van der Waals surface area contributed by atoms with E-state index in [1.54, 1.807) is 0 Å². The lowest BCUT2D eigenvalue weighted by Gasteiger charge is -2.40. The number of methoxy groups -OCH3 is 1. The fraction of sp³-hybridized carbons (Fsp3) is 0.318. The van der Waals surface area contributed by atoms with Crippen molar-refractivity contribution in [2.75, 3.05) is 13.7 Å². The zero-order valence-electron chi connectivity index (χ0n) is 17.2. The van der Waals surface area contributed by atoms with Gasteiger partial charge in [0.1, 0.15) is 58.7 Å². The summed E-state index contributed by atoms with van der Waals surface area (Å²) in [5.41, 5.74) is -0.664. The number of hydrogen-bond acceptors (Lipinski definition) is 11. The number of ether oxygens (including phenoxy) is 2. The Balaban J connectivity index is 1.89. The van der Waals surface area contributed by atoms with Gasteiger partial charge in [0.05, 0.1) is 19.3 Å². The first-order valence-corrected chi connectivity index (χ1v) is 9.88. The number of aromatic hydroxyl groups is 3. The number of aliphatic hydroxyl groups is 4. The van der Waals surface area contributed by atoms with Gasteiger partial charge in [-0.2, -0.15) is 0 Å². The highest BCUT2D eigenvalue weighted by Crippen LogP contribution is 2.45. The maximum absolute atomic E-state index is 12.9. The zero-order valence-corrected chi connectivity index (χ0v) is 17.2. The topological polar surface area (TPSA) is 190 Å². The maximum Gasteiger partial charge on any atom is 0.197 e. The molecule has 1 aliphatic rings. The summed E-state index contributed by atoms with van der Waals surface area (Å²) in [6.07, 6.45) is -7.72. The van der Waals surface area contributed by atoms with E-state index in [2.05, 4.69) is 0 Å². The number of fused-ring (bicyclic) bond motifs is 1. The largest absolute Gasteiger partial charge is 0.506 e. The van der Waals surface area contributed by atoms with Crippen LogP contribution in [0.3, 0.4) is 0 Å². The van der Waals surface area contributed by atoms with Gasteiger partial charge in [-0.3, -0.25) is 4.79 Å². The van der Waals surface area contributed by atoms with Crippen LogP contribution in [-0.4, -0.2) is 73.9 Å². The number of phenolic OH excluding ortho intramolecular Hbond substituents is 3. The van der Waals surface area contributed by atoms with Gasteiger partial charge in [0.25, 0.3) is 0 Å². The number of benzene rings is 2. The van der Waals surface area contributed by atoms with Gasteiger partial charge in [0.2, 0.25) is 0 Å². The average Bonchev–Trinajstić information content (AvgIpc) is 2.79. The highest BCUT2D eigenvalue weighted by molar-refractivity contribution is 5.88. The van der Waals surface area contributed by atoms with Crippen LogP contribution in [0.25, 0.3) is 22.3 Å². The van der Waals surface area contributed by atoms with Gasteiger partial charge < -0.3 is 49.6 Å². The summed E-state index contributed by atoms with van der Waals surface area (Å²) in [5, 5.41) is 70.0. The highest BCUT2D eigenvalue weighted by atomic mass is 16.5. The van der Waals surface area contributed by atoms with Crippen molar-refractivity contribution in [3.8, 4) is 34.3 Å². The minimum absolute atomic E-state index is 0.0323. The van der Waals surface area contributed by atoms with E-state index in [4.69, 9.17) is 13.9 Å². The molecule has 1 fully saturated rings. The summed E-state index contributed by atoms with van der Waals surface area (Å²) >= 11 is 0. The van der Waals surface area contributed by atoms with Crippen LogP contribution in [0, 0.1) is 0 Å². The lowest BCUT2D eigenvalue weighted by atomic mass is 9.89. The normalized spacial score (nSPS) is 25.3. The molecule has 0 saturated carbocycles. The SMILES string of the molecule is COc1cc2oc(-c3ccc(O)c(O)c3)cc(=O)c2c(O)c1[C@@H]1O[C@H](CO)[C@@H](O)[C@H](O)[C@H]1O. The third-order valence-electron chi connectivity index (χ3n) is 5.65. The molecule has 1 aliphatic heterocycles. The maximum atomic E-state index is 12.9. The molecule has 1 aromatic heterocycles. The minimum Gasteiger partial charge on any atom is -0.506 e. The van der Waals surface area contributed by atoms with Crippen molar-refractivity contribution in [2.45, 2.75) is 30.5 Å². The zero-order chi connectivity index (χ0) is 24.0. The van der Waals surface area contributed by atoms with Gasteiger partial charge in [-0.15, -0.1) is 0 Å². The summed E-state index contributed by atoms with van der Waals surface area (Å²) in [7, 11) is 1.26. The van der Waals surface area contributed by atoms with Crippen molar-refractivity contribution in [1.29, 1.82) is 0 Å². The molecule has 2 aromatic carbocycles. The van der Waals surface area contributed by atoms with E-state index in [0.717, 1.165) is 6.07 Å². The molecule has 1 saturated heterocycles. The second kappa shape index (κ2) is 8.54. The van der Waals surface area contributed by atoms with Gasteiger partial charge in [0, 0.05) is 17.7 Å². The number of rotatable bonds is 4. The van der Waals surface area contributed by atoms with Gasteiger partial charge in [0.15, 0.2) is 16.9 Å². The third-order valence-corrected chi connectivity index (χ3v) is 5.65. The molecule has 0 unspecified atom stereocenters. The van der Waals surface area contributed by atoms with Crippen molar-refractivity contribution in [3.05, 3.63) is 46.1 Å². The molecule has 11 nitrogen and oxygen atoms in total. The molecule has 33 heavy (non-hydrogen) atoms. The lowest BCUT2D eigenvalue weighted by molar-refractivity contribution is -0.232. The van der Waals surface area contributed by atoms with Gasteiger partial charge in [-0.05, 0) is 18.2 Å². The van der Waals surface area contributed by atoms with Crippen molar-refractivity contribution in [3.63, 3.8) is 0 Å². The van der Waals surface area contributed by atoms with Crippen molar-refractivity contribution >= 4 is 11.0 Å². The van der Waals surface area contributed by atoms with Gasteiger partial charge >= 0.3 is 0 Å². The standard InChI is InChI=1S/C22H22O11/c1-31-13-6-14-16(11(26)5-12(32-14)8-2-3-9(24)10(25)4-8)19(28)17(13)22-21(30)20(29)18(27)15(7-23)33-22/h2-6,15,18,20-25,27-30H,7H2,1H3/t15-,18-,20+,21-,22+/m1/s1. The highest BCUT2D eigenvalue weighted by Gasteiger charge is 2.46. The Morgan fingerprint density at radius 1 is 0.970 bits per heavy atom. The first kappa shape index (κ1) is 22.8. The average molecular weight is 462 g/mol. The molecule has 0 radical (unpaired) electrons. The summed E-state index contributed by atoms with van der Waals surface area (Å²) in [5.74, 6) is -1.44. The van der Waals surface area contributed by atoms with Gasteiger partial charge in [-0.1, -0.05) is 0 Å². The Bertz CT molecular complexity index is 1250. The molecule has 0 bridgehead atoms. The third kappa shape index (κ3) is 3.75. The Morgan fingerprint density at radius 3 is 2.33 bits per heavy atom. The van der Waals surface area contributed by atoms with Gasteiger partial charge in [-0.25, -0.2) is 0 Å². The predicted molar refractivity (Wildman–Crippen MR) is 112 cm³/mol.